The predicted octanol–water partition coefficient (Wildman–Crippen LogP) is 11.8. The molecule has 0 aromatic heterocycles. The molecule has 0 radical (unpaired) electrons. The van der Waals surface area contributed by atoms with E-state index < -0.39 is 12.1 Å². The lowest BCUT2D eigenvalue weighted by molar-refractivity contribution is -0.143. The van der Waals surface area contributed by atoms with Gasteiger partial charge in [0.05, 0.1) is 25.4 Å². The lowest BCUT2D eigenvalue weighted by Crippen LogP contribution is -2.45. The van der Waals surface area contributed by atoms with Crippen LogP contribution in [0.3, 0.4) is 0 Å². The van der Waals surface area contributed by atoms with Gasteiger partial charge in [0.25, 0.3) is 0 Å². The van der Waals surface area contributed by atoms with Crippen LogP contribution in [0.25, 0.3) is 0 Å². The minimum atomic E-state index is -0.864. The fourth-order valence-corrected chi connectivity index (χ4v) is 6.02. The maximum atomic E-state index is 12.3. The summed E-state index contributed by atoms with van der Waals surface area (Å²) in [6.07, 6.45) is 45.5. The number of unbranched alkanes of at least 4 members (excludes halogenated alkanes) is 23. The molecule has 50 heavy (non-hydrogen) atoms. The molecule has 0 spiro atoms. The van der Waals surface area contributed by atoms with Gasteiger partial charge in [0.1, 0.15) is 0 Å². The highest BCUT2D eigenvalue weighted by Gasteiger charge is 2.17. The van der Waals surface area contributed by atoms with Crippen molar-refractivity contribution in [3.05, 3.63) is 36.5 Å². The van der Waals surface area contributed by atoms with Crippen molar-refractivity contribution in [2.24, 2.45) is 0 Å². The van der Waals surface area contributed by atoms with Crippen LogP contribution >= 0.6 is 0 Å². The van der Waals surface area contributed by atoms with E-state index in [0.717, 1.165) is 77.0 Å². The number of carbonyl (C=O) groups is 2. The van der Waals surface area contributed by atoms with Crippen molar-refractivity contribution in [1.82, 2.24) is 5.32 Å². The van der Waals surface area contributed by atoms with Gasteiger partial charge >= 0.3 is 5.97 Å². The van der Waals surface area contributed by atoms with Crippen LogP contribution in [0.1, 0.15) is 206 Å². The summed E-state index contributed by atoms with van der Waals surface area (Å²) in [6.45, 7) is 4.74. The van der Waals surface area contributed by atoms with Crippen LogP contribution in [-0.2, 0) is 14.3 Å². The largest absolute Gasteiger partial charge is 0.466 e. The van der Waals surface area contributed by atoms with E-state index in [1.54, 1.807) is 6.08 Å². The van der Waals surface area contributed by atoms with Crippen LogP contribution in [0.2, 0.25) is 0 Å². The molecule has 6 nitrogen and oxygen atoms in total. The van der Waals surface area contributed by atoms with Gasteiger partial charge in [-0.2, -0.15) is 0 Å². The summed E-state index contributed by atoms with van der Waals surface area (Å²) >= 11 is 0. The van der Waals surface area contributed by atoms with E-state index in [9.17, 15) is 19.8 Å². The zero-order valence-corrected chi connectivity index (χ0v) is 32.9. The number of rotatable bonds is 38. The van der Waals surface area contributed by atoms with Crippen molar-refractivity contribution in [1.29, 1.82) is 0 Å². The molecule has 0 saturated heterocycles. The van der Waals surface area contributed by atoms with Crippen LogP contribution < -0.4 is 5.32 Å². The summed E-state index contributed by atoms with van der Waals surface area (Å²) in [6, 6.07) is -0.652. The Labute approximate surface area is 309 Å². The molecule has 0 heterocycles. The molecule has 0 aromatic carbocycles. The maximum absolute atomic E-state index is 12.3. The van der Waals surface area contributed by atoms with E-state index in [1.807, 2.05) is 6.08 Å². The van der Waals surface area contributed by atoms with Crippen LogP contribution in [0, 0.1) is 0 Å². The van der Waals surface area contributed by atoms with Crippen LogP contribution in [0.15, 0.2) is 36.5 Å². The third kappa shape index (κ3) is 35.9. The van der Waals surface area contributed by atoms with Gasteiger partial charge in [0.15, 0.2) is 0 Å². The Hall–Kier alpha value is -1.92. The Balaban J connectivity index is 3.61. The predicted molar refractivity (Wildman–Crippen MR) is 213 cm³/mol. The first kappa shape index (κ1) is 48.1. The van der Waals surface area contributed by atoms with Gasteiger partial charge in [-0.05, 0) is 77.0 Å². The monoisotopic (exact) mass is 704 g/mol. The van der Waals surface area contributed by atoms with Gasteiger partial charge in [-0.3, -0.25) is 9.59 Å². The zero-order chi connectivity index (χ0) is 36.6. The average molecular weight is 704 g/mol. The van der Waals surface area contributed by atoms with Crippen LogP contribution in [0.5, 0.6) is 0 Å². The van der Waals surface area contributed by atoms with E-state index >= 15 is 0 Å². The third-order valence-corrected chi connectivity index (χ3v) is 9.38. The Morgan fingerprint density at radius 3 is 1.48 bits per heavy atom. The molecule has 3 N–H and O–H groups in total. The first-order chi connectivity index (χ1) is 24.5. The molecule has 0 aliphatic heterocycles. The minimum Gasteiger partial charge on any atom is -0.466 e. The number of hydrogen-bond donors (Lipinski definition) is 3. The number of carbonyl (C=O) groups excluding carboxylic acids is 2. The molecule has 0 fully saturated rings. The summed E-state index contributed by atoms with van der Waals surface area (Å²) in [7, 11) is 0. The summed E-state index contributed by atoms with van der Waals surface area (Å²) in [5.74, 6) is -0.159. The van der Waals surface area contributed by atoms with Crippen molar-refractivity contribution in [2.75, 3.05) is 13.2 Å². The fraction of sp³-hybridized carbons (Fsp3) is 0.818. The van der Waals surface area contributed by atoms with Crippen molar-refractivity contribution in [3.63, 3.8) is 0 Å². The van der Waals surface area contributed by atoms with Crippen LogP contribution in [-0.4, -0.2) is 47.4 Å². The van der Waals surface area contributed by atoms with Gasteiger partial charge in [-0.25, -0.2) is 0 Å². The van der Waals surface area contributed by atoms with Gasteiger partial charge in [0.2, 0.25) is 5.91 Å². The number of amides is 1. The molecule has 0 rings (SSSR count). The smallest absolute Gasteiger partial charge is 0.305 e. The second kappa shape index (κ2) is 39.9. The van der Waals surface area contributed by atoms with E-state index in [4.69, 9.17) is 4.74 Å². The van der Waals surface area contributed by atoms with E-state index in [-0.39, 0.29) is 18.5 Å². The summed E-state index contributed by atoms with van der Waals surface area (Å²) in [5.41, 5.74) is 0. The minimum absolute atomic E-state index is 0.0511. The maximum Gasteiger partial charge on any atom is 0.305 e. The summed E-state index contributed by atoms with van der Waals surface area (Å²) in [5, 5.41) is 22.9. The second-order valence-electron chi connectivity index (χ2n) is 14.3. The molecule has 0 aromatic rings. The highest BCUT2D eigenvalue weighted by molar-refractivity contribution is 5.76. The molecule has 0 bridgehead atoms. The molecule has 0 saturated carbocycles. The van der Waals surface area contributed by atoms with E-state index in [0.29, 0.717) is 19.4 Å². The Morgan fingerprint density at radius 2 is 0.960 bits per heavy atom. The van der Waals surface area contributed by atoms with Gasteiger partial charge in [0, 0.05) is 12.8 Å². The van der Waals surface area contributed by atoms with Gasteiger partial charge < -0.3 is 20.3 Å². The number of aliphatic hydroxyl groups excluding tert-OH is 2. The van der Waals surface area contributed by atoms with Crippen molar-refractivity contribution < 1.29 is 24.5 Å². The molecule has 0 aliphatic carbocycles. The Morgan fingerprint density at radius 1 is 0.540 bits per heavy atom. The molecule has 2 atom stereocenters. The van der Waals surface area contributed by atoms with Crippen molar-refractivity contribution >= 4 is 11.9 Å². The standard InChI is InChI=1S/C44H81NO5/c1-3-5-7-9-11-13-15-17-20-24-28-32-36-42(47)41(40-46)45-43(48)37-33-29-25-21-18-19-23-27-31-35-39-50-44(49)38-34-30-26-22-16-14-12-10-8-6-4-2/h10,12,19,23,32,36,41-42,46-47H,3-9,11,13-18,20-22,24-31,33-35,37-40H2,1-2H3,(H,45,48)/b12-10-,23-19-,36-32+. The molecule has 1 amide bonds. The quantitative estimate of drug-likeness (QED) is 0.0338. The summed E-state index contributed by atoms with van der Waals surface area (Å²) < 4.78 is 5.39. The number of ether oxygens (including phenoxy) is 1. The highest BCUT2D eigenvalue weighted by atomic mass is 16.5. The molecule has 292 valence electrons. The molecule has 2 unspecified atom stereocenters. The molecular weight excluding hydrogens is 622 g/mol. The normalized spacial score (nSPS) is 13.1. The first-order valence-corrected chi connectivity index (χ1v) is 21.3. The van der Waals surface area contributed by atoms with E-state index in [2.05, 4.69) is 43.5 Å². The Kier molecular flexibility index (Phi) is 38.3. The zero-order valence-electron chi connectivity index (χ0n) is 32.9. The second-order valence-corrected chi connectivity index (χ2v) is 14.3. The first-order valence-electron chi connectivity index (χ1n) is 21.3. The van der Waals surface area contributed by atoms with Gasteiger partial charge in [-0.15, -0.1) is 0 Å². The average Bonchev–Trinajstić information content (AvgIpc) is 3.11. The number of allylic oxidation sites excluding steroid dienone is 5. The third-order valence-electron chi connectivity index (χ3n) is 9.38. The van der Waals surface area contributed by atoms with Gasteiger partial charge in [-0.1, -0.05) is 153 Å². The molecule has 0 aliphatic rings. The van der Waals surface area contributed by atoms with E-state index in [1.165, 1.54) is 103 Å². The fourth-order valence-electron chi connectivity index (χ4n) is 6.02. The number of nitrogens with one attached hydrogen (secondary N) is 1. The lowest BCUT2D eigenvalue weighted by atomic mass is 10.1. The lowest BCUT2D eigenvalue weighted by Gasteiger charge is -2.20. The number of hydrogen-bond acceptors (Lipinski definition) is 5. The number of esters is 1. The van der Waals surface area contributed by atoms with Crippen molar-refractivity contribution in [3.8, 4) is 0 Å². The number of aliphatic hydroxyl groups is 2. The van der Waals surface area contributed by atoms with Crippen molar-refractivity contribution in [2.45, 2.75) is 219 Å². The highest BCUT2D eigenvalue weighted by Crippen LogP contribution is 2.13. The van der Waals surface area contributed by atoms with Crippen LogP contribution in [0.4, 0.5) is 0 Å². The summed E-state index contributed by atoms with van der Waals surface area (Å²) in [4.78, 5) is 24.3. The molecule has 6 heteroatoms. The topological polar surface area (TPSA) is 95.9 Å². The molecular formula is C44H81NO5. The Bertz CT molecular complexity index is 823. The SMILES string of the molecule is CCCC/C=C\CCCCCCCC(=O)OCCCC/C=C\CCCCCCC(=O)NC(CO)C(O)/C=C/CCCCCCCCCCCC.